The summed E-state index contributed by atoms with van der Waals surface area (Å²) in [6, 6.07) is -2.04. The molecule has 0 amide bonds. The molecule has 4 unspecified atom stereocenters. The van der Waals surface area contributed by atoms with Crippen molar-refractivity contribution < 1.29 is 24.9 Å². The summed E-state index contributed by atoms with van der Waals surface area (Å²) in [6.07, 6.45) is 10.5. The molecule has 0 rings (SSSR count). The van der Waals surface area contributed by atoms with Crippen molar-refractivity contribution in [2.75, 3.05) is 0 Å². The van der Waals surface area contributed by atoms with Crippen LogP contribution in [-0.2, 0) is 4.79 Å². The van der Waals surface area contributed by atoms with Gasteiger partial charge in [0.1, 0.15) is 18.5 Å². The summed E-state index contributed by atoms with van der Waals surface area (Å²) < 4.78 is 0. The second-order valence-corrected chi connectivity index (χ2v) is 7.06. The third kappa shape index (κ3) is 12.8. The fourth-order valence-electron chi connectivity index (χ4n) is 2.93. The van der Waals surface area contributed by atoms with E-state index < -0.39 is 34.1 Å². The largest absolute Gasteiger partial charge is 0.386 e. The molecule has 2 N–H and O–H groups in total. The van der Waals surface area contributed by atoms with Gasteiger partial charge in [-0.25, -0.2) is 0 Å². The maximum Gasteiger partial charge on any atom is 0.241 e. The average Bonchev–Trinajstić information content (AvgIpc) is 2.68. The van der Waals surface area contributed by atoms with Crippen LogP contribution in [-0.4, -0.2) is 50.6 Å². The highest BCUT2D eigenvalue weighted by Gasteiger charge is 2.28. The van der Waals surface area contributed by atoms with Crippen LogP contribution in [0.5, 0.6) is 0 Å². The molecule has 166 valence electrons. The molecular formula is C20H34N2O7. The van der Waals surface area contributed by atoms with E-state index in [-0.39, 0.29) is 12.8 Å². The Labute approximate surface area is 171 Å². The molecule has 0 spiro atoms. The Kier molecular flexibility index (Phi) is 15.6. The SMILES string of the molecule is CCC(O)C(C/C=C\C/C=C\CC(O)C(CCCCCCC=O)[N+](=O)[O-])[N+](=O)[O-]. The molecule has 0 fully saturated rings. The number of aliphatic hydroxyl groups excluding tert-OH is 2. The van der Waals surface area contributed by atoms with E-state index in [4.69, 9.17) is 0 Å². The third-order valence-corrected chi connectivity index (χ3v) is 4.78. The van der Waals surface area contributed by atoms with Crippen LogP contribution >= 0.6 is 0 Å². The minimum absolute atomic E-state index is 0.134. The maximum atomic E-state index is 11.2. The Morgan fingerprint density at radius 1 is 0.828 bits per heavy atom. The fourth-order valence-corrected chi connectivity index (χ4v) is 2.93. The van der Waals surface area contributed by atoms with Crippen molar-refractivity contribution in [3.05, 3.63) is 44.5 Å². The highest BCUT2D eigenvalue weighted by molar-refractivity contribution is 5.48. The number of aliphatic hydroxyl groups is 2. The first-order valence-electron chi connectivity index (χ1n) is 10.2. The number of nitrogens with zero attached hydrogens (tertiary/aromatic N) is 2. The molecule has 0 bridgehead atoms. The van der Waals surface area contributed by atoms with Gasteiger partial charge < -0.3 is 15.0 Å². The predicted molar refractivity (Wildman–Crippen MR) is 110 cm³/mol. The highest BCUT2D eigenvalue weighted by atomic mass is 16.6. The summed E-state index contributed by atoms with van der Waals surface area (Å²) in [5.41, 5.74) is 0. The number of aldehydes is 1. The van der Waals surface area contributed by atoms with Crippen molar-refractivity contribution in [1.29, 1.82) is 0 Å². The Morgan fingerprint density at radius 3 is 1.97 bits per heavy atom. The minimum Gasteiger partial charge on any atom is -0.386 e. The van der Waals surface area contributed by atoms with E-state index in [0.29, 0.717) is 32.1 Å². The quantitative estimate of drug-likeness (QED) is 0.115. The molecule has 0 saturated heterocycles. The lowest BCUT2D eigenvalue weighted by Crippen LogP contribution is -2.33. The molecule has 0 aromatic carbocycles. The van der Waals surface area contributed by atoms with Crippen molar-refractivity contribution in [2.45, 2.75) is 95.4 Å². The lowest BCUT2D eigenvalue weighted by atomic mass is 10.0. The molecule has 4 atom stereocenters. The monoisotopic (exact) mass is 414 g/mol. The summed E-state index contributed by atoms with van der Waals surface area (Å²) >= 11 is 0. The van der Waals surface area contributed by atoms with Gasteiger partial charge >= 0.3 is 0 Å². The topological polar surface area (TPSA) is 144 Å². The third-order valence-electron chi connectivity index (χ3n) is 4.78. The number of carbonyl (C=O) groups is 1. The lowest BCUT2D eigenvalue weighted by molar-refractivity contribution is -0.535. The smallest absolute Gasteiger partial charge is 0.241 e. The van der Waals surface area contributed by atoms with Crippen LogP contribution in [0, 0.1) is 20.2 Å². The Hall–Kier alpha value is -2.13. The molecule has 29 heavy (non-hydrogen) atoms. The average molecular weight is 414 g/mol. The van der Waals surface area contributed by atoms with E-state index in [1.54, 1.807) is 31.2 Å². The van der Waals surface area contributed by atoms with Gasteiger partial charge in [0.25, 0.3) is 0 Å². The second-order valence-electron chi connectivity index (χ2n) is 7.06. The maximum absolute atomic E-state index is 11.2. The van der Waals surface area contributed by atoms with Gasteiger partial charge in [0, 0.05) is 29.1 Å². The first kappa shape index (κ1) is 26.9. The molecule has 0 aliphatic heterocycles. The van der Waals surface area contributed by atoms with Crippen LogP contribution in [0.2, 0.25) is 0 Å². The van der Waals surface area contributed by atoms with Crippen molar-refractivity contribution in [3.63, 3.8) is 0 Å². The summed E-state index contributed by atoms with van der Waals surface area (Å²) in [5.74, 6) is 0. The van der Waals surface area contributed by atoms with Crippen LogP contribution in [0.15, 0.2) is 24.3 Å². The first-order chi connectivity index (χ1) is 13.8. The number of unbranched alkanes of at least 4 members (excludes halogenated alkanes) is 4. The number of hydrogen-bond donors (Lipinski definition) is 2. The lowest BCUT2D eigenvalue weighted by Gasteiger charge is -2.14. The minimum atomic E-state index is -1.07. The zero-order chi connectivity index (χ0) is 22.1. The summed E-state index contributed by atoms with van der Waals surface area (Å²) in [7, 11) is 0. The standard InChI is InChI=1S/C20H34N2O7/c1-2-19(24)17(21(26)27)13-9-5-3-7-11-15-20(25)18(22(28)29)14-10-6-4-8-12-16-23/h5,7,9,11,16-20,24-25H,2-4,6,8,10,12-15H2,1H3/b9-5-,11-7-. The van der Waals surface area contributed by atoms with E-state index in [1.165, 1.54) is 0 Å². The number of hydrogen-bond acceptors (Lipinski definition) is 7. The number of nitro groups is 2. The first-order valence-corrected chi connectivity index (χ1v) is 10.2. The van der Waals surface area contributed by atoms with Gasteiger partial charge in [0.15, 0.2) is 0 Å². The van der Waals surface area contributed by atoms with Gasteiger partial charge in [0.05, 0.1) is 0 Å². The molecule has 9 nitrogen and oxygen atoms in total. The molecule has 0 aliphatic rings. The Bertz CT molecular complexity index is 537. The normalized spacial score (nSPS) is 16.0. The zero-order valence-corrected chi connectivity index (χ0v) is 17.1. The molecule has 0 aromatic rings. The van der Waals surface area contributed by atoms with Crippen molar-refractivity contribution in [1.82, 2.24) is 0 Å². The predicted octanol–water partition coefficient (Wildman–Crippen LogP) is 3.23. The Balaban J connectivity index is 4.24. The number of rotatable bonds is 18. The molecule has 0 heterocycles. The van der Waals surface area contributed by atoms with Crippen LogP contribution in [0.4, 0.5) is 0 Å². The van der Waals surface area contributed by atoms with Crippen LogP contribution in [0.1, 0.15) is 71.1 Å². The molecular weight excluding hydrogens is 380 g/mol. The van der Waals surface area contributed by atoms with Crippen LogP contribution < -0.4 is 0 Å². The summed E-state index contributed by atoms with van der Waals surface area (Å²) in [4.78, 5) is 31.4. The number of allylic oxidation sites excluding steroid dienone is 2. The number of carbonyl (C=O) groups excluding carboxylic acids is 1. The summed E-state index contributed by atoms with van der Waals surface area (Å²) in [6.45, 7) is 1.69. The van der Waals surface area contributed by atoms with Crippen LogP contribution in [0.3, 0.4) is 0 Å². The molecule has 9 heteroatoms. The molecule has 0 aromatic heterocycles. The van der Waals surface area contributed by atoms with Gasteiger partial charge in [-0.2, -0.15) is 0 Å². The Morgan fingerprint density at radius 2 is 1.41 bits per heavy atom. The molecule has 0 aliphatic carbocycles. The van der Waals surface area contributed by atoms with Gasteiger partial charge in [0.2, 0.25) is 12.1 Å². The van der Waals surface area contributed by atoms with Crippen LogP contribution in [0.25, 0.3) is 0 Å². The van der Waals surface area contributed by atoms with E-state index in [9.17, 15) is 35.2 Å². The van der Waals surface area contributed by atoms with Gasteiger partial charge in [-0.3, -0.25) is 20.2 Å². The van der Waals surface area contributed by atoms with Gasteiger partial charge in [-0.1, -0.05) is 44.1 Å². The van der Waals surface area contributed by atoms with Crippen molar-refractivity contribution in [2.24, 2.45) is 0 Å². The zero-order valence-electron chi connectivity index (χ0n) is 17.1. The van der Waals surface area contributed by atoms with E-state index in [2.05, 4.69) is 0 Å². The summed E-state index contributed by atoms with van der Waals surface area (Å²) in [5, 5.41) is 41.8. The van der Waals surface area contributed by atoms with Gasteiger partial charge in [-0.15, -0.1) is 0 Å². The van der Waals surface area contributed by atoms with Crippen molar-refractivity contribution in [3.8, 4) is 0 Å². The fraction of sp³-hybridized carbons (Fsp3) is 0.750. The van der Waals surface area contributed by atoms with E-state index >= 15 is 0 Å². The van der Waals surface area contributed by atoms with E-state index in [1.807, 2.05) is 0 Å². The highest BCUT2D eigenvalue weighted by Crippen LogP contribution is 2.14. The second kappa shape index (κ2) is 16.8. The van der Waals surface area contributed by atoms with Gasteiger partial charge in [-0.05, 0) is 32.1 Å². The van der Waals surface area contributed by atoms with E-state index in [0.717, 1.165) is 25.5 Å². The van der Waals surface area contributed by atoms with Crippen molar-refractivity contribution >= 4 is 6.29 Å². The molecule has 0 radical (unpaired) electrons. The molecule has 0 saturated carbocycles.